The number of nitrogen functional groups attached to an aromatic ring is 1. The van der Waals surface area contributed by atoms with E-state index >= 15 is 0 Å². The van der Waals surface area contributed by atoms with Gasteiger partial charge in [-0.3, -0.25) is 0 Å². The van der Waals surface area contributed by atoms with Crippen LogP contribution in [0.3, 0.4) is 0 Å². The zero-order chi connectivity index (χ0) is 11.3. The van der Waals surface area contributed by atoms with E-state index in [9.17, 15) is 0 Å². The molecule has 0 aliphatic heterocycles. The molecule has 84 valence electrons. The fraction of sp³-hybridized carbons (Fsp3) is 0.417. The topological polar surface area (TPSA) is 43.8 Å². The molecule has 1 aliphatic carbocycles. The summed E-state index contributed by atoms with van der Waals surface area (Å²) in [6, 6.07) is 6.65. The highest BCUT2D eigenvalue weighted by molar-refractivity contribution is 9.10. The molecule has 0 saturated heterocycles. The number of fused-ring (bicyclic) bond motifs is 1. The summed E-state index contributed by atoms with van der Waals surface area (Å²) >= 11 is 3.49. The Labute approximate surface area is 103 Å². The van der Waals surface area contributed by atoms with Crippen LogP contribution < -0.4 is 5.73 Å². The molecule has 16 heavy (non-hydrogen) atoms. The van der Waals surface area contributed by atoms with Crippen molar-refractivity contribution in [3.63, 3.8) is 0 Å². The summed E-state index contributed by atoms with van der Waals surface area (Å²) in [5.74, 6) is 1.46. The summed E-state index contributed by atoms with van der Waals surface area (Å²) < 4.78 is 3.26. The average molecular weight is 280 g/mol. The highest BCUT2D eigenvalue weighted by Gasteiger charge is 2.29. The molecule has 0 spiro atoms. The van der Waals surface area contributed by atoms with Crippen molar-refractivity contribution in [2.75, 3.05) is 5.73 Å². The molecule has 3 rings (SSSR count). The Balaban J connectivity index is 2.15. The predicted molar refractivity (Wildman–Crippen MR) is 69.3 cm³/mol. The maximum atomic E-state index is 6.00. The molecule has 1 aliphatic rings. The summed E-state index contributed by atoms with van der Waals surface area (Å²) in [5.41, 5.74) is 8.12. The minimum absolute atomic E-state index is 0.536. The second-order valence-electron chi connectivity index (χ2n) is 4.70. The van der Waals surface area contributed by atoms with Gasteiger partial charge in [0, 0.05) is 10.5 Å². The lowest BCUT2D eigenvalue weighted by Crippen LogP contribution is -2.25. The summed E-state index contributed by atoms with van der Waals surface area (Å²) in [4.78, 5) is 4.40. The molecule has 0 bridgehead atoms. The first-order valence-electron chi connectivity index (χ1n) is 5.58. The lowest BCUT2D eigenvalue weighted by molar-refractivity contribution is 0.223. The van der Waals surface area contributed by atoms with E-state index in [0.717, 1.165) is 21.4 Å². The van der Waals surface area contributed by atoms with E-state index in [1.165, 1.54) is 12.8 Å². The van der Waals surface area contributed by atoms with E-state index in [1.807, 2.05) is 12.1 Å². The molecule has 2 N–H and O–H groups in total. The summed E-state index contributed by atoms with van der Waals surface area (Å²) in [6.07, 6.45) is 2.42. The van der Waals surface area contributed by atoms with Gasteiger partial charge >= 0.3 is 0 Å². The molecule has 1 fully saturated rings. The van der Waals surface area contributed by atoms with Crippen LogP contribution in [-0.4, -0.2) is 9.55 Å². The normalized spacial score (nSPS) is 24.6. The van der Waals surface area contributed by atoms with Crippen molar-refractivity contribution in [3.05, 3.63) is 22.7 Å². The number of benzene rings is 1. The van der Waals surface area contributed by atoms with E-state index < -0.39 is 0 Å². The smallest absolute Gasteiger partial charge is 0.201 e. The van der Waals surface area contributed by atoms with Crippen molar-refractivity contribution in [3.8, 4) is 0 Å². The molecule has 1 saturated carbocycles. The van der Waals surface area contributed by atoms with Gasteiger partial charge in [-0.2, -0.15) is 0 Å². The predicted octanol–water partition coefficient (Wildman–Crippen LogP) is 3.35. The van der Waals surface area contributed by atoms with Gasteiger partial charge in [-0.05, 0) is 37.0 Å². The molecule has 0 unspecified atom stereocenters. The molecule has 0 atom stereocenters. The van der Waals surface area contributed by atoms with Gasteiger partial charge < -0.3 is 10.3 Å². The minimum Gasteiger partial charge on any atom is -0.369 e. The monoisotopic (exact) mass is 279 g/mol. The molecule has 1 aromatic carbocycles. The zero-order valence-corrected chi connectivity index (χ0v) is 10.7. The van der Waals surface area contributed by atoms with Crippen LogP contribution in [0.25, 0.3) is 11.0 Å². The standard InChI is InChI=1S/C12H14BrN3/c1-7-4-9(5-7)16-11-6-8(13)2-3-10(11)15-12(16)14/h2-3,6-7,9H,4-5H2,1H3,(H2,14,15). The van der Waals surface area contributed by atoms with Crippen LogP contribution >= 0.6 is 15.9 Å². The first-order chi connectivity index (χ1) is 7.65. The Bertz CT molecular complexity index is 540. The number of aromatic nitrogens is 2. The molecule has 1 aromatic heterocycles. The van der Waals surface area contributed by atoms with Crippen molar-refractivity contribution in [2.24, 2.45) is 5.92 Å². The van der Waals surface area contributed by atoms with Gasteiger partial charge in [-0.1, -0.05) is 22.9 Å². The van der Waals surface area contributed by atoms with Crippen LogP contribution in [0.1, 0.15) is 25.8 Å². The van der Waals surface area contributed by atoms with Crippen molar-refractivity contribution in [1.29, 1.82) is 0 Å². The largest absolute Gasteiger partial charge is 0.369 e. The molecule has 2 aromatic rings. The van der Waals surface area contributed by atoms with Crippen molar-refractivity contribution >= 4 is 32.9 Å². The molecule has 1 heterocycles. The fourth-order valence-electron chi connectivity index (χ4n) is 2.54. The van der Waals surface area contributed by atoms with Gasteiger partial charge in [0.25, 0.3) is 0 Å². The Morgan fingerprint density at radius 3 is 2.88 bits per heavy atom. The van der Waals surface area contributed by atoms with Gasteiger partial charge in [0.15, 0.2) is 0 Å². The van der Waals surface area contributed by atoms with E-state index in [1.54, 1.807) is 0 Å². The van der Waals surface area contributed by atoms with E-state index in [-0.39, 0.29) is 0 Å². The minimum atomic E-state index is 0.536. The van der Waals surface area contributed by atoms with Crippen LogP contribution in [0.5, 0.6) is 0 Å². The molecular weight excluding hydrogens is 266 g/mol. The Morgan fingerprint density at radius 1 is 1.44 bits per heavy atom. The number of hydrogen-bond acceptors (Lipinski definition) is 2. The third-order valence-electron chi connectivity index (χ3n) is 3.39. The van der Waals surface area contributed by atoms with Crippen molar-refractivity contribution in [1.82, 2.24) is 9.55 Å². The van der Waals surface area contributed by atoms with Gasteiger partial charge in [0.2, 0.25) is 5.95 Å². The second kappa shape index (κ2) is 3.48. The van der Waals surface area contributed by atoms with Gasteiger partial charge in [0.05, 0.1) is 11.0 Å². The van der Waals surface area contributed by atoms with Crippen molar-refractivity contribution < 1.29 is 0 Å². The van der Waals surface area contributed by atoms with Crippen LogP contribution in [0.2, 0.25) is 0 Å². The average Bonchev–Trinajstić information content (AvgIpc) is 2.49. The lowest BCUT2D eigenvalue weighted by atomic mass is 9.81. The van der Waals surface area contributed by atoms with Crippen LogP contribution in [0.4, 0.5) is 5.95 Å². The highest BCUT2D eigenvalue weighted by Crippen LogP contribution is 2.40. The molecule has 0 radical (unpaired) electrons. The zero-order valence-electron chi connectivity index (χ0n) is 9.15. The first-order valence-corrected chi connectivity index (χ1v) is 6.37. The number of halogens is 1. The lowest BCUT2D eigenvalue weighted by Gasteiger charge is -2.34. The Hall–Kier alpha value is -1.03. The van der Waals surface area contributed by atoms with Gasteiger partial charge in [0.1, 0.15) is 0 Å². The van der Waals surface area contributed by atoms with Crippen LogP contribution in [0.15, 0.2) is 22.7 Å². The third kappa shape index (κ3) is 1.44. The summed E-state index contributed by atoms with van der Waals surface area (Å²) in [5, 5.41) is 0. The van der Waals surface area contributed by atoms with Crippen molar-refractivity contribution in [2.45, 2.75) is 25.8 Å². The quantitative estimate of drug-likeness (QED) is 0.870. The maximum absolute atomic E-state index is 6.00. The SMILES string of the molecule is CC1CC(n2c(N)nc3ccc(Br)cc32)C1. The van der Waals surface area contributed by atoms with Crippen LogP contribution in [-0.2, 0) is 0 Å². The number of nitrogens with zero attached hydrogens (tertiary/aromatic N) is 2. The number of hydrogen-bond donors (Lipinski definition) is 1. The van der Waals surface area contributed by atoms with E-state index in [0.29, 0.717) is 12.0 Å². The molecule has 3 nitrogen and oxygen atoms in total. The first kappa shape index (κ1) is 10.1. The number of nitrogens with two attached hydrogens (primary N) is 1. The number of anilines is 1. The van der Waals surface area contributed by atoms with Gasteiger partial charge in [-0.25, -0.2) is 4.98 Å². The number of imidazole rings is 1. The molecule has 4 heteroatoms. The highest BCUT2D eigenvalue weighted by atomic mass is 79.9. The molecule has 0 amide bonds. The molecular formula is C12H14BrN3. The third-order valence-corrected chi connectivity index (χ3v) is 3.89. The Kier molecular flexibility index (Phi) is 2.21. The van der Waals surface area contributed by atoms with Gasteiger partial charge in [-0.15, -0.1) is 0 Å². The second-order valence-corrected chi connectivity index (χ2v) is 5.62. The maximum Gasteiger partial charge on any atom is 0.201 e. The summed E-state index contributed by atoms with van der Waals surface area (Å²) in [6.45, 7) is 2.28. The number of rotatable bonds is 1. The van der Waals surface area contributed by atoms with E-state index in [4.69, 9.17) is 5.73 Å². The summed E-state index contributed by atoms with van der Waals surface area (Å²) in [7, 11) is 0. The van der Waals surface area contributed by atoms with Crippen LogP contribution in [0, 0.1) is 5.92 Å². The Morgan fingerprint density at radius 2 is 2.19 bits per heavy atom. The van der Waals surface area contributed by atoms with E-state index in [2.05, 4.69) is 38.5 Å². The fourth-order valence-corrected chi connectivity index (χ4v) is 2.89.